The first-order valence-corrected chi connectivity index (χ1v) is 4.91. The standard InChI is InChI=1S/C10H11N2O4/c13-10(14)12-5-6-15-9(7-12)16-8-3-1-2-4-11-8/h1-4,9H,5-7H2. The maximum Gasteiger partial charge on any atom is 0.453 e. The topological polar surface area (TPSA) is 71.6 Å². The molecule has 2 heterocycles. The van der Waals surface area contributed by atoms with Crippen molar-refractivity contribution in [1.82, 2.24) is 9.88 Å². The second kappa shape index (κ2) is 4.80. The molecule has 0 spiro atoms. The normalized spacial score (nSPS) is 20.5. The van der Waals surface area contributed by atoms with E-state index in [0.29, 0.717) is 19.0 Å². The van der Waals surface area contributed by atoms with Gasteiger partial charge in [-0.3, -0.25) is 4.90 Å². The molecule has 0 bridgehead atoms. The van der Waals surface area contributed by atoms with Crippen LogP contribution in [0.25, 0.3) is 0 Å². The summed E-state index contributed by atoms with van der Waals surface area (Å²) < 4.78 is 10.6. The van der Waals surface area contributed by atoms with Crippen LogP contribution in [-0.4, -0.2) is 42.0 Å². The predicted octanol–water partition coefficient (Wildman–Crippen LogP) is 0.669. The minimum Gasteiger partial charge on any atom is -0.446 e. The Balaban J connectivity index is 1.93. The molecule has 1 aromatic heterocycles. The molecule has 0 aliphatic carbocycles. The van der Waals surface area contributed by atoms with Crippen molar-refractivity contribution in [2.45, 2.75) is 6.29 Å². The number of amides is 1. The number of nitrogens with zero attached hydrogens (tertiary/aromatic N) is 2. The molecular formula is C10H11N2O4. The van der Waals surface area contributed by atoms with Crippen LogP contribution in [0.4, 0.5) is 4.79 Å². The van der Waals surface area contributed by atoms with Gasteiger partial charge in [-0.1, -0.05) is 6.07 Å². The molecular weight excluding hydrogens is 212 g/mol. The summed E-state index contributed by atoms with van der Waals surface area (Å²) in [7, 11) is 0. The van der Waals surface area contributed by atoms with E-state index in [9.17, 15) is 9.90 Å². The smallest absolute Gasteiger partial charge is 0.446 e. The Hall–Kier alpha value is -1.82. The lowest BCUT2D eigenvalue weighted by Gasteiger charge is -2.29. The SMILES string of the molecule is [O]C(=O)N1CCOC(Oc2ccccn2)C1. The first kappa shape index (κ1) is 10.7. The first-order valence-electron chi connectivity index (χ1n) is 4.91. The Labute approximate surface area is 92.4 Å². The van der Waals surface area contributed by atoms with Crippen molar-refractivity contribution in [2.24, 2.45) is 0 Å². The number of rotatable bonds is 2. The number of aromatic nitrogens is 1. The largest absolute Gasteiger partial charge is 0.453 e. The van der Waals surface area contributed by atoms with Crippen LogP contribution in [-0.2, 0) is 9.84 Å². The number of hydrogen-bond acceptors (Lipinski definition) is 4. The second-order valence-corrected chi connectivity index (χ2v) is 3.30. The second-order valence-electron chi connectivity index (χ2n) is 3.30. The molecule has 1 aliphatic rings. The van der Waals surface area contributed by atoms with Crippen molar-refractivity contribution in [2.75, 3.05) is 19.7 Å². The van der Waals surface area contributed by atoms with Crippen molar-refractivity contribution in [3.8, 4) is 5.88 Å². The van der Waals surface area contributed by atoms with Crippen molar-refractivity contribution in [1.29, 1.82) is 0 Å². The number of hydrogen-bond donors (Lipinski definition) is 0. The van der Waals surface area contributed by atoms with Gasteiger partial charge in [0.2, 0.25) is 12.2 Å². The maximum atomic E-state index is 10.6. The summed E-state index contributed by atoms with van der Waals surface area (Å²) in [6.45, 7) is 0.745. The Kier molecular flexibility index (Phi) is 3.21. The third-order valence-corrected chi connectivity index (χ3v) is 2.18. The molecule has 1 saturated heterocycles. The molecule has 0 aromatic carbocycles. The molecule has 2 rings (SSSR count). The van der Waals surface area contributed by atoms with E-state index in [2.05, 4.69) is 4.98 Å². The van der Waals surface area contributed by atoms with Gasteiger partial charge >= 0.3 is 6.09 Å². The van der Waals surface area contributed by atoms with Gasteiger partial charge in [0.25, 0.3) is 0 Å². The van der Waals surface area contributed by atoms with Crippen LogP contribution in [0, 0.1) is 0 Å². The van der Waals surface area contributed by atoms with E-state index >= 15 is 0 Å². The molecule has 1 fully saturated rings. The van der Waals surface area contributed by atoms with E-state index in [1.807, 2.05) is 0 Å². The summed E-state index contributed by atoms with van der Waals surface area (Å²) in [5.74, 6) is 0.410. The number of carbonyl (C=O) groups excluding carboxylic acids is 1. The fourth-order valence-electron chi connectivity index (χ4n) is 1.41. The lowest BCUT2D eigenvalue weighted by molar-refractivity contribution is -0.126. The lowest BCUT2D eigenvalue weighted by Crippen LogP contribution is -2.46. The minimum absolute atomic E-state index is 0.138. The Morgan fingerprint density at radius 2 is 2.44 bits per heavy atom. The van der Waals surface area contributed by atoms with Gasteiger partial charge < -0.3 is 9.47 Å². The molecule has 1 radical (unpaired) electrons. The fourth-order valence-corrected chi connectivity index (χ4v) is 1.41. The van der Waals surface area contributed by atoms with Gasteiger partial charge in [0.15, 0.2) is 0 Å². The van der Waals surface area contributed by atoms with E-state index in [-0.39, 0.29) is 6.54 Å². The molecule has 1 aliphatic heterocycles. The Morgan fingerprint density at radius 1 is 1.56 bits per heavy atom. The third-order valence-electron chi connectivity index (χ3n) is 2.18. The van der Waals surface area contributed by atoms with E-state index in [1.165, 1.54) is 0 Å². The van der Waals surface area contributed by atoms with Gasteiger partial charge in [0.1, 0.15) is 0 Å². The molecule has 1 amide bonds. The number of carbonyl (C=O) groups is 1. The molecule has 6 nitrogen and oxygen atoms in total. The summed E-state index contributed by atoms with van der Waals surface area (Å²) in [6.07, 6.45) is -0.242. The van der Waals surface area contributed by atoms with Crippen molar-refractivity contribution >= 4 is 6.09 Å². The molecule has 6 heteroatoms. The predicted molar refractivity (Wildman–Crippen MR) is 52.3 cm³/mol. The van der Waals surface area contributed by atoms with Crippen LogP contribution in [0.2, 0.25) is 0 Å². The summed E-state index contributed by atoms with van der Waals surface area (Å²) in [6, 6.07) is 5.23. The summed E-state index contributed by atoms with van der Waals surface area (Å²) in [5, 5.41) is 10.6. The summed E-state index contributed by atoms with van der Waals surface area (Å²) >= 11 is 0. The van der Waals surface area contributed by atoms with Crippen LogP contribution in [0.1, 0.15) is 0 Å². The highest BCUT2D eigenvalue weighted by molar-refractivity contribution is 5.64. The number of pyridine rings is 1. The quantitative estimate of drug-likeness (QED) is 0.738. The van der Waals surface area contributed by atoms with E-state index in [0.717, 1.165) is 4.90 Å². The number of morpholine rings is 1. The van der Waals surface area contributed by atoms with Crippen LogP contribution in [0.3, 0.4) is 0 Å². The molecule has 1 aromatic rings. The average molecular weight is 223 g/mol. The van der Waals surface area contributed by atoms with Crippen LogP contribution in [0.5, 0.6) is 5.88 Å². The average Bonchev–Trinajstić information content (AvgIpc) is 2.30. The van der Waals surface area contributed by atoms with E-state index in [4.69, 9.17) is 9.47 Å². The molecule has 1 atom stereocenters. The van der Waals surface area contributed by atoms with Gasteiger partial charge in [-0.2, -0.15) is 0 Å². The fraction of sp³-hybridized carbons (Fsp3) is 0.400. The number of ether oxygens (including phenoxy) is 2. The van der Waals surface area contributed by atoms with Crippen molar-refractivity contribution in [3.63, 3.8) is 0 Å². The molecule has 0 saturated carbocycles. The van der Waals surface area contributed by atoms with E-state index in [1.54, 1.807) is 24.4 Å². The monoisotopic (exact) mass is 223 g/mol. The van der Waals surface area contributed by atoms with E-state index < -0.39 is 12.4 Å². The highest BCUT2D eigenvalue weighted by atomic mass is 16.7. The Bertz CT molecular complexity index is 357. The van der Waals surface area contributed by atoms with Gasteiger partial charge in [-0.25, -0.2) is 14.9 Å². The molecule has 16 heavy (non-hydrogen) atoms. The van der Waals surface area contributed by atoms with Crippen molar-refractivity contribution in [3.05, 3.63) is 24.4 Å². The third kappa shape index (κ3) is 2.60. The zero-order valence-electron chi connectivity index (χ0n) is 8.54. The molecule has 0 N–H and O–H groups in total. The van der Waals surface area contributed by atoms with Gasteiger partial charge in [-0.05, 0) is 6.07 Å². The van der Waals surface area contributed by atoms with Crippen LogP contribution >= 0.6 is 0 Å². The van der Waals surface area contributed by atoms with Crippen LogP contribution < -0.4 is 4.74 Å². The summed E-state index contributed by atoms with van der Waals surface area (Å²) in [5.41, 5.74) is 0. The van der Waals surface area contributed by atoms with Gasteiger partial charge in [-0.15, -0.1) is 0 Å². The molecule has 85 valence electrons. The first-order chi connectivity index (χ1) is 7.75. The Morgan fingerprint density at radius 3 is 3.12 bits per heavy atom. The summed E-state index contributed by atoms with van der Waals surface area (Å²) in [4.78, 5) is 15.7. The molecule has 1 unspecified atom stereocenters. The highest BCUT2D eigenvalue weighted by Crippen LogP contribution is 2.11. The lowest BCUT2D eigenvalue weighted by atomic mass is 10.4. The zero-order valence-corrected chi connectivity index (χ0v) is 8.54. The zero-order chi connectivity index (χ0) is 11.4. The van der Waals surface area contributed by atoms with Gasteiger partial charge in [0.05, 0.1) is 13.2 Å². The van der Waals surface area contributed by atoms with Gasteiger partial charge in [0, 0.05) is 18.8 Å². The highest BCUT2D eigenvalue weighted by Gasteiger charge is 2.26. The van der Waals surface area contributed by atoms with Crippen molar-refractivity contribution < 1.29 is 19.4 Å². The maximum absolute atomic E-state index is 10.6. The van der Waals surface area contributed by atoms with Crippen LogP contribution in [0.15, 0.2) is 24.4 Å². The minimum atomic E-state index is -1.21.